The van der Waals surface area contributed by atoms with Crippen molar-refractivity contribution in [2.45, 2.75) is 25.0 Å². The summed E-state index contributed by atoms with van der Waals surface area (Å²) in [5.74, 6) is -0.113. The number of carbonyl (C=O) groups is 1. The molecule has 5 nitrogen and oxygen atoms in total. The number of nitrogens with one attached hydrogen (secondary N) is 1. The average Bonchev–Trinajstić information content (AvgIpc) is 2.89. The SMILES string of the molecule is CC(C)c1nnc(SCC(=O)Nc2ccc(Br)cc2F)o1. The molecule has 2 aromatic rings. The first-order chi connectivity index (χ1) is 9.95. The Bertz CT molecular complexity index is 648. The molecule has 0 radical (unpaired) electrons. The first-order valence-electron chi connectivity index (χ1n) is 6.17. The molecule has 1 heterocycles. The predicted molar refractivity (Wildman–Crippen MR) is 81.8 cm³/mol. The van der Waals surface area contributed by atoms with Gasteiger partial charge in [-0.1, -0.05) is 41.5 Å². The van der Waals surface area contributed by atoms with Gasteiger partial charge in [0.05, 0.1) is 11.4 Å². The molecule has 8 heteroatoms. The van der Waals surface area contributed by atoms with Crippen LogP contribution in [-0.2, 0) is 4.79 Å². The Morgan fingerprint density at radius 3 is 2.86 bits per heavy atom. The van der Waals surface area contributed by atoms with Crippen LogP contribution in [0.1, 0.15) is 25.7 Å². The molecule has 1 N–H and O–H groups in total. The molecule has 1 aromatic carbocycles. The third-order valence-corrected chi connectivity index (χ3v) is 3.76. The molecule has 112 valence electrons. The van der Waals surface area contributed by atoms with E-state index >= 15 is 0 Å². The number of hydrogen-bond acceptors (Lipinski definition) is 5. The molecule has 2 rings (SSSR count). The van der Waals surface area contributed by atoms with Crippen molar-refractivity contribution in [3.05, 3.63) is 34.4 Å². The number of carbonyl (C=O) groups excluding carboxylic acids is 1. The van der Waals surface area contributed by atoms with Crippen LogP contribution in [0.25, 0.3) is 0 Å². The summed E-state index contributed by atoms with van der Waals surface area (Å²) in [6, 6.07) is 4.43. The maximum atomic E-state index is 13.6. The lowest BCUT2D eigenvalue weighted by molar-refractivity contribution is -0.113. The molecule has 0 unspecified atom stereocenters. The minimum atomic E-state index is -0.498. The molecule has 0 spiro atoms. The van der Waals surface area contributed by atoms with Gasteiger partial charge in [0.1, 0.15) is 5.82 Å². The van der Waals surface area contributed by atoms with Crippen molar-refractivity contribution < 1.29 is 13.6 Å². The predicted octanol–water partition coefficient (Wildman–Crippen LogP) is 3.83. The standard InChI is InChI=1S/C13H13BrFN3O2S/c1-7(2)12-17-18-13(20-12)21-6-11(19)16-10-4-3-8(14)5-9(10)15/h3-5,7H,6H2,1-2H3,(H,16,19). The van der Waals surface area contributed by atoms with Crippen LogP contribution in [0.4, 0.5) is 10.1 Å². The molecular weight excluding hydrogens is 361 g/mol. The number of aromatic nitrogens is 2. The Hall–Kier alpha value is -1.41. The molecule has 1 amide bonds. The van der Waals surface area contributed by atoms with Crippen LogP contribution in [0.2, 0.25) is 0 Å². The van der Waals surface area contributed by atoms with Crippen molar-refractivity contribution in [1.29, 1.82) is 0 Å². The summed E-state index contributed by atoms with van der Waals surface area (Å²) < 4.78 is 19.6. The number of anilines is 1. The average molecular weight is 374 g/mol. The summed E-state index contributed by atoms with van der Waals surface area (Å²) in [4.78, 5) is 11.8. The summed E-state index contributed by atoms with van der Waals surface area (Å²) in [5.41, 5.74) is 0.136. The summed E-state index contributed by atoms with van der Waals surface area (Å²) in [5, 5.41) is 10.5. The van der Waals surface area contributed by atoms with Gasteiger partial charge in [-0.15, -0.1) is 10.2 Å². The van der Waals surface area contributed by atoms with Gasteiger partial charge in [0.15, 0.2) is 0 Å². The molecular formula is C13H13BrFN3O2S. The van der Waals surface area contributed by atoms with Crippen molar-refractivity contribution in [3.8, 4) is 0 Å². The van der Waals surface area contributed by atoms with Gasteiger partial charge in [-0.3, -0.25) is 4.79 Å². The maximum Gasteiger partial charge on any atom is 0.277 e. The highest BCUT2D eigenvalue weighted by Gasteiger charge is 2.13. The molecule has 21 heavy (non-hydrogen) atoms. The summed E-state index contributed by atoms with van der Waals surface area (Å²) in [6.07, 6.45) is 0. The molecule has 0 fully saturated rings. The third-order valence-electron chi connectivity index (χ3n) is 2.45. The normalized spacial score (nSPS) is 10.9. The second kappa shape index (κ2) is 7.04. The zero-order valence-corrected chi connectivity index (χ0v) is 13.8. The third kappa shape index (κ3) is 4.53. The summed E-state index contributed by atoms with van der Waals surface area (Å²) in [7, 11) is 0. The zero-order valence-electron chi connectivity index (χ0n) is 11.4. The van der Waals surface area contributed by atoms with E-state index < -0.39 is 5.82 Å². The van der Waals surface area contributed by atoms with Gasteiger partial charge in [-0.05, 0) is 18.2 Å². The van der Waals surface area contributed by atoms with Crippen LogP contribution in [0.15, 0.2) is 32.3 Å². The van der Waals surface area contributed by atoms with E-state index in [4.69, 9.17) is 4.42 Å². The lowest BCUT2D eigenvalue weighted by Crippen LogP contribution is -2.15. The van der Waals surface area contributed by atoms with Crippen LogP contribution < -0.4 is 5.32 Å². The van der Waals surface area contributed by atoms with Crippen molar-refractivity contribution in [1.82, 2.24) is 10.2 Å². The lowest BCUT2D eigenvalue weighted by Gasteiger charge is -2.05. The van der Waals surface area contributed by atoms with E-state index in [2.05, 4.69) is 31.4 Å². The van der Waals surface area contributed by atoms with Gasteiger partial charge in [0.2, 0.25) is 11.8 Å². The molecule has 0 atom stereocenters. The lowest BCUT2D eigenvalue weighted by atomic mass is 10.2. The number of nitrogens with zero attached hydrogens (tertiary/aromatic N) is 2. The van der Waals surface area contributed by atoms with Crippen LogP contribution in [0, 0.1) is 5.82 Å². The van der Waals surface area contributed by atoms with E-state index in [1.54, 1.807) is 6.07 Å². The Morgan fingerprint density at radius 2 is 2.24 bits per heavy atom. The van der Waals surface area contributed by atoms with E-state index in [0.29, 0.717) is 15.6 Å². The molecule has 0 saturated heterocycles. The number of benzene rings is 1. The number of thioether (sulfide) groups is 1. The van der Waals surface area contributed by atoms with Gasteiger partial charge in [0, 0.05) is 10.4 Å². The largest absolute Gasteiger partial charge is 0.416 e. The fraction of sp³-hybridized carbons (Fsp3) is 0.308. The van der Waals surface area contributed by atoms with Crippen LogP contribution in [0.5, 0.6) is 0 Å². The number of rotatable bonds is 5. The Morgan fingerprint density at radius 1 is 1.48 bits per heavy atom. The second-order valence-electron chi connectivity index (χ2n) is 4.52. The van der Waals surface area contributed by atoms with Gasteiger partial charge in [0.25, 0.3) is 5.22 Å². The first kappa shape index (κ1) is 16.0. The van der Waals surface area contributed by atoms with Gasteiger partial charge >= 0.3 is 0 Å². The van der Waals surface area contributed by atoms with E-state index in [-0.39, 0.29) is 23.3 Å². The highest BCUT2D eigenvalue weighted by atomic mass is 79.9. The number of halogens is 2. The quantitative estimate of drug-likeness (QED) is 0.806. The monoisotopic (exact) mass is 373 g/mol. The van der Waals surface area contributed by atoms with E-state index in [0.717, 1.165) is 11.8 Å². The Labute approximate surface area is 133 Å². The summed E-state index contributed by atoms with van der Waals surface area (Å²) >= 11 is 4.26. The van der Waals surface area contributed by atoms with Gasteiger partial charge in [-0.2, -0.15) is 0 Å². The van der Waals surface area contributed by atoms with E-state index in [9.17, 15) is 9.18 Å². The van der Waals surface area contributed by atoms with Crippen LogP contribution in [-0.4, -0.2) is 21.9 Å². The highest BCUT2D eigenvalue weighted by molar-refractivity contribution is 9.10. The van der Waals surface area contributed by atoms with Crippen LogP contribution >= 0.6 is 27.7 Å². The van der Waals surface area contributed by atoms with Crippen molar-refractivity contribution in [3.63, 3.8) is 0 Å². The molecule has 0 aliphatic carbocycles. The maximum absolute atomic E-state index is 13.6. The van der Waals surface area contributed by atoms with Crippen molar-refractivity contribution in [2.24, 2.45) is 0 Å². The molecule has 0 aliphatic rings. The number of amides is 1. The van der Waals surface area contributed by atoms with Crippen molar-refractivity contribution >= 4 is 39.3 Å². The Balaban J connectivity index is 1.89. The van der Waals surface area contributed by atoms with E-state index in [1.807, 2.05) is 13.8 Å². The van der Waals surface area contributed by atoms with Crippen LogP contribution in [0.3, 0.4) is 0 Å². The molecule has 0 aliphatic heterocycles. The highest BCUT2D eigenvalue weighted by Crippen LogP contribution is 2.22. The topological polar surface area (TPSA) is 68.0 Å². The molecule has 1 aromatic heterocycles. The van der Waals surface area contributed by atoms with Crippen molar-refractivity contribution in [2.75, 3.05) is 11.1 Å². The van der Waals surface area contributed by atoms with Gasteiger partial charge in [-0.25, -0.2) is 4.39 Å². The van der Waals surface area contributed by atoms with E-state index in [1.165, 1.54) is 12.1 Å². The molecule has 0 bridgehead atoms. The number of hydrogen-bond donors (Lipinski definition) is 1. The fourth-order valence-corrected chi connectivity index (χ4v) is 2.32. The van der Waals surface area contributed by atoms with Gasteiger partial charge < -0.3 is 9.73 Å². The Kier molecular flexibility index (Phi) is 5.35. The second-order valence-corrected chi connectivity index (χ2v) is 6.36. The minimum Gasteiger partial charge on any atom is -0.416 e. The summed E-state index contributed by atoms with van der Waals surface area (Å²) in [6.45, 7) is 3.87. The molecule has 0 saturated carbocycles. The minimum absolute atomic E-state index is 0.0647. The first-order valence-corrected chi connectivity index (χ1v) is 7.94. The fourth-order valence-electron chi connectivity index (χ4n) is 1.42. The smallest absolute Gasteiger partial charge is 0.277 e. The zero-order chi connectivity index (χ0) is 15.4.